The molecule has 8 nitrogen and oxygen atoms in total. The Morgan fingerprint density at radius 2 is 1.07 bits per heavy atom. The second-order valence-electron chi connectivity index (χ2n) is 14.4. The molecule has 8 aromatic rings. The van der Waals surface area contributed by atoms with Crippen LogP contribution in [0.3, 0.4) is 0 Å². The third-order valence-electron chi connectivity index (χ3n) is 9.93. The van der Waals surface area contributed by atoms with E-state index in [-0.39, 0.29) is 29.6 Å². The van der Waals surface area contributed by atoms with E-state index in [0.29, 0.717) is 18.2 Å². The molecular formula is C51H46F2N6O2. The number of hydrogen-bond donors (Lipinski definition) is 2. The minimum Gasteiger partial charge on any atom is -0.489 e. The van der Waals surface area contributed by atoms with Crippen molar-refractivity contribution in [3.05, 3.63) is 192 Å². The number of aromatic nitrogens is 4. The first kappa shape index (κ1) is 41.7. The van der Waals surface area contributed by atoms with E-state index in [4.69, 9.17) is 25.9 Å². The zero-order valence-corrected chi connectivity index (χ0v) is 34.1. The molecule has 0 atom stereocenters. The zero-order chi connectivity index (χ0) is 42.6. The molecule has 8 rings (SSSR count). The number of unbranched alkanes of at least 4 members (excludes halogenated alkanes) is 1. The van der Waals surface area contributed by atoms with Crippen LogP contribution in [0.15, 0.2) is 158 Å². The normalized spacial score (nSPS) is 10.8. The molecule has 0 saturated heterocycles. The summed E-state index contributed by atoms with van der Waals surface area (Å²) in [7, 11) is 0. The second kappa shape index (κ2) is 20.0. The van der Waals surface area contributed by atoms with Gasteiger partial charge in [-0.2, -0.15) is 4.39 Å². The van der Waals surface area contributed by atoms with Crippen LogP contribution in [-0.2, 0) is 19.6 Å². The van der Waals surface area contributed by atoms with Crippen LogP contribution < -0.4 is 20.9 Å². The lowest BCUT2D eigenvalue weighted by molar-refractivity contribution is 0.285. The van der Waals surface area contributed by atoms with Crippen molar-refractivity contribution >= 4 is 11.9 Å². The smallest absolute Gasteiger partial charge is 0.221 e. The molecule has 0 fully saturated rings. The highest BCUT2D eigenvalue weighted by atomic mass is 19.2. The highest BCUT2D eigenvalue weighted by molar-refractivity contribution is 5.77. The van der Waals surface area contributed by atoms with Crippen molar-refractivity contribution in [2.45, 2.75) is 46.3 Å². The molecule has 0 aliphatic carbocycles. The Labute approximate surface area is 355 Å². The predicted octanol–water partition coefficient (Wildman–Crippen LogP) is 11.9. The first-order valence-electron chi connectivity index (χ1n) is 20.1. The van der Waals surface area contributed by atoms with E-state index >= 15 is 0 Å². The van der Waals surface area contributed by atoms with Crippen molar-refractivity contribution in [2.75, 3.05) is 11.5 Å². The lowest BCUT2D eigenvalue weighted by atomic mass is 9.94. The summed E-state index contributed by atoms with van der Waals surface area (Å²) in [4.78, 5) is 17.6. The van der Waals surface area contributed by atoms with Crippen molar-refractivity contribution in [2.24, 2.45) is 0 Å². The highest BCUT2D eigenvalue weighted by Gasteiger charge is 2.20. The van der Waals surface area contributed by atoms with Crippen LogP contribution in [0.1, 0.15) is 42.0 Å². The summed E-state index contributed by atoms with van der Waals surface area (Å²) in [5, 5.41) is 0. The van der Waals surface area contributed by atoms with Gasteiger partial charge in [-0.3, -0.25) is 0 Å². The van der Waals surface area contributed by atoms with E-state index in [2.05, 4.69) is 65.2 Å². The van der Waals surface area contributed by atoms with Crippen molar-refractivity contribution in [1.82, 2.24) is 19.9 Å². The van der Waals surface area contributed by atoms with Gasteiger partial charge in [0, 0.05) is 27.8 Å². The van der Waals surface area contributed by atoms with Crippen molar-refractivity contribution in [3.8, 4) is 56.5 Å². The van der Waals surface area contributed by atoms with Crippen LogP contribution in [0.4, 0.5) is 20.7 Å². The average molecular weight is 813 g/mol. The molecule has 0 radical (unpaired) electrons. The van der Waals surface area contributed by atoms with E-state index in [1.165, 1.54) is 12.1 Å². The summed E-state index contributed by atoms with van der Waals surface area (Å²) in [5.41, 5.74) is 21.7. The largest absolute Gasteiger partial charge is 0.489 e. The zero-order valence-electron chi connectivity index (χ0n) is 34.1. The predicted molar refractivity (Wildman–Crippen MR) is 239 cm³/mol. The molecule has 306 valence electrons. The Morgan fingerprint density at radius 1 is 0.525 bits per heavy atom. The van der Waals surface area contributed by atoms with Gasteiger partial charge in [0.05, 0.1) is 22.8 Å². The molecule has 0 unspecified atom stereocenters. The molecule has 0 aliphatic heterocycles. The molecule has 2 aromatic heterocycles. The minimum atomic E-state index is -1.07. The van der Waals surface area contributed by atoms with Crippen LogP contribution in [0, 0.1) is 18.6 Å². The van der Waals surface area contributed by atoms with Crippen molar-refractivity contribution in [3.63, 3.8) is 0 Å². The summed E-state index contributed by atoms with van der Waals surface area (Å²) in [6, 6.07) is 49.5. The summed E-state index contributed by atoms with van der Waals surface area (Å²) in [5.74, 6) is -1.17. The topological polar surface area (TPSA) is 122 Å². The number of ether oxygens (including phenoxy) is 2. The molecule has 0 spiro atoms. The summed E-state index contributed by atoms with van der Waals surface area (Å²) in [6.45, 7) is 4.97. The van der Waals surface area contributed by atoms with Crippen LogP contribution in [0.5, 0.6) is 11.5 Å². The quantitative estimate of drug-likeness (QED) is 0.118. The molecule has 2 heterocycles. The number of hydrogen-bond acceptors (Lipinski definition) is 8. The summed E-state index contributed by atoms with van der Waals surface area (Å²) in [6.07, 6.45) is 3.07. The van der Waals surface area contributed by atoms with Gasteiger partial charge in [0.15, 0.2) is 11.6 Å². The molecule has 61 heavy (non-hydrogen) atoms. The van der Waals surface area contributed by atoms with E-state index in [1.807, 2.05) is 103 Å². The first-order valence-corrected chi connectivity index (χ1v) is 20.1. The molecule has 0 amide bonds. The Kier molecular flexibility index (Phi) is 13.7. The minimum absolute atomic E-state index is 0.0131. The van der Waals surface area contributed by atoms with Gasteiger partial charge in [-0.05, 0) is 72.9 Å². The maximum absolute atomic E-state index is 14.8. The van der Waals surface area contributed by atoms with Crippen molar-refractivity contribution < 1.29 is 18.3 Å². The maximum Gasteiger partial charge on any atom is 0.221 e. The number of nitrogens with zero attached hydrogens (tertiary/aromatic N) is 4. The third kappa shape index (κ3) is 10.6. The third-order valence-corrected chi connectivity index (χ3v) is 9.93. The van der Waals surface area contributed by atoms with E-state index in [1.54, 1.807) is 6.07 Å². The monoisotopic (exact) mass is 812 g/mol. The fraction of sp³-hybridized carbons (Fsp3) is 0.137. The Bertz CT molecular complexity index is 2690. The average Bonchev–Trinajstić information content (AvgIpc) is 3.29. The number of halogens is 2. The molecular weight excluding hydrogens is 767 g/mol. The molecule has 0 saturated carbocycles. The van der Waals surface area contributed by atoms with Crippen LogP contribution in [-0.4, -0.2) is 19.9 Å². The van der Waals surface area contributed by atoms with Gasteiger partial charge in [0.25, 0.3) is 0 Å². The Morgan fingerprint density at radius 3 is 1.69 bits per heavy atom. The summed E-state index contributed by atoms with van der Waals surface area (Å²) >= 11 is 0. The number of nitrogens with two attached hydrogens (primary N) is 2. The fourth-order valence-electron chi connectivity index (χ4n) is 6.82. The van der Waals surface area contributed by atoms with E-state index in [9.17, 15) is 8.78 Å². The summed E-state index contributed by atoms with van der Waals surface area (Å²) < 4.78 is 40.8. The lowest BCUT2D eigenvalue weighted by Gasteiger charge is -2.17. The first-order chi connectivity index (χ1) is 29.8. The van der Waals surface area contributed by atoms with Gasteiger partial charge >= 0.3 is 0 Å². The number of aryl methyl sites for hydroxylation is 1. The van der Waals surface area contributed by atoms with Crippen molar-refractivity contribution in [1.29, 1.82) is 0 Å². The number of benzene rings is 6. The van der Waals surface area contributed by atoms with E-state index < -0.39 is 11.6 Å². The van der Waals surface area contributed by atoms with E-state index in [0.717, 1.165) is 75.3 Å². The number of rotatable bonds is 13. The number of anilines is 2. The van der Waals surface area contributed by atoms with Gasteiger partial charge in [-0.1, -0.05) is 135 Å². The molecule has 0 aliphatic rings. The number of nitrogen functional groups attached to an aromatic ring is 2. The fourth-order valence-corrected chi connectivity index (χ4v) is 6.82. The maximum atomic E-state index is 14.8. The standard InChI is InChI=1S/C28H29N3O.C23H17F2N3O/c1-3-4-15-25-26(22-13-9-6-10-14-22)30-28(29)31-27(25)24-17-16-23(18-20(24)2)32-19-21-11-7-5-8-12-21;24-21-17(11-12-20(22(21)25)29-14-15-7-3-1-4-8-15)19-13-18(27-23(26)28-19)16-9-5-2-6-10-16/h5-14,16-18H,3-4,15,19H2,1-2H3,(H2,29,30,31);1-13H,14H2,(H2,26,27,28). The molecule has 4 N–H and O–H groups in total. The second-order valence-corrected chi connectivity index (χ2v) is 14.4. The Hall–Kier alpha value is -7.46. The van der Waals surface area contributed by atoms with Crippen LogP contribution in [0.2, 0.25) is 0 Å². The highest BCUT2D eigenvalue weighted by Crippen LogP contribution is 2.35. The van der Waals surface area contributed by atoms with Crippen LogP contribution >= 0.6 is 0 Å². The molecule has 0 bridgehead atoms. The Balaban J connectivity index is 0.000000185. The van der Waals surface area contributed by atoms with Gasteiger partial charge in [-0.15, -0.1) is 0 Å². The van der Waals surface area contributed by atoms with Gasteiger partial charge in [0.1, 0.15) is 19.0 Å². The van der Waals surface area contributed by atoms with Crippen LogP contribution in [0.25, 0.3) is 45.0 Å². The van der Waals surface area contributed by atoms with Gasteiger partial charge in [0.2, 0.25) is 17.7 Å². The molecule has 6 aromatic carbocycles. The molecule has 10 heteroatoms. The lowest BCUT2D eigenvalue weighted by Crippen LogP contribution is -2.06. The van der Waals surface area contributed by atoms with Gasteiger partial charge < -0.3 is 20.9 Å². The SMILES string of the molecule is CCCCc1c(-c2ccccc2)nc(N)nc1-c1ccc(OCc2ccccc2)cc1C.Nc1nc(-c2ccccc2)cc(-c2ccc(OCc3ccccc3)c(F)c2F)n1. The van der Waals surface area contributed by atoms with Gasteiger partial charge in [-0.25, -0.2) is 24.3 Å².